The largest absolute Gasteiger partial charge is 0.490 e. The summed E-state index contributed by atoms with van der Waals surface area (Å²) in [7, 11) is -17.0. The molecule has 2 unspecified atom stereocenters. The molecule has 0 spiro atoms. The number of H-pyrrole nitrogens is 1. The smallest absolute Gasteiger partial charge is 0.390 e. The fraction of sp³-hybridized carbons (Fsp3) is 0.600. The van der Waals surface area contributed by atoms with Crippen LogP contribution < -0.4 is 11.2 Å². The zero-order valence-electron chi connectivity index (χ0n) is 15.1. The Morgan fingerprint density at radius 1 is 1.12 bits per heavy atom. The summed E-state index contributed by atoms with van der Waals surface area (Å²) in [6, 6.07) is 0. The summed E-state index contributed by atoms with van der Waals surface area (Å²) in [4.78, 5) is 59.8. The first-order chi connectivity index (χ1) is 14.3. The molecule has 184 valence electrons. The van der Waals surface area contributed by atoms with Crippen molar-refractivity contribution < 1.29 is 69.4 Å². The van der Waals surface area contributed by atoms with E-state index in [0.717, 1.165) is 0 Å². The molecule has 1 aromatic rings. The number of hydrogen-bond donors (Lipinski definition) is 6. The highest BCUT2D eigenvalue weighted by Crippen LogP contribution is 2.66. The molecule has 0 aliphatic carbocycles. The van der Waals surface area contributed by atoms with Gasteiger partial charge in [0, 0.05) is 12.6 Å². The average Bonchev–Trinajstić information content (AvgIpc) is 2.89. The van der Waals surface area contributed by atoms with Crippen LogP contribution in [-0.4, -0.2) is 53.0 Å². The number of hydrogen-bond acceptors (Lipinski definition) is 10. The van der Waals surface area contributed by atoms with Crippen molar-refractivity contribution in [3.05, 3.63) is 32.6 Å². The Hall–Kier alpha value is -1.20. The van der Waals surface area contributed by atoms with Crippen LogP contribution in [0.5, 0.6) is 0 Å². The van der Waals surface area contributed by atoms with E-state index in [4.69, 9.17) is 19.4 Å². The molecule has 0 saturated carbocycles. The molecule has 0 bridgehead atoms. The lowest BCUT2D eigenvalue weighted by molar-refractivity contribution is -0.139. The number of alkyl halides is 3. The molecule has 1 aromatic heterocycles. The van der Waals surface area contributed by atoms with Crippen molar-refractivity contribution in [1.82, 2.24) is 9.55 Å². The third kappa shape index (κ3) is 7.41. The maximum atomic E-state index is 12.9. The SMILES string of the molecule is O=c1[nH]c(=O)n([C@H]2C[C@@H](O)[C@@H](COP(=O)(O)OP(=O)(O)OP(=O)(O)O)O2)cc1C(F)(F)F. The molecule has 2 heterocycles. The number of ether oxygens (including phenoxy) is 1. The number of aliphatic hydroxyl groups is 1. The Kier molecular flexibility index (Phi) is 7.79. The third-order valence-electron chi connectivity index (χ3n) is 3.61. The van der Waals surface area contributed by atoms with E-state index in [9.17, 15) is 46.5 Å². The van der Waals surface area contributed by atoms with Gasteiger partial charge in [-0.2, -0.15) is 21.8 Å². The van der Waals surface area contributed by atoms with Gasteiger partial charge in [-0.05, 0) is 0 Å². The number of phosphoric acid groups is 3. The second-order valence-corrected chi connectivity index (χ2v) is 10.4. The Bertz CT molecular complexity index is 1110. The molecule has 1 aliphatic rings. The summed E-state index contributed by atoms with van der Waals surface area (Å²) < 4.78 is 88.6. The minimum Gasteiger partial charge on any atom is -0.390 e. The summed E-state index contributed by atoms with van der Waals surface area (Å²) in [6.07, 6.45) is -10.3. The summed E-state index contributed by atoms with van der Waals surface area (Å²) in [6.45, 7) is -1.11. The van der Waals surface area contributed by atoms with E-state index in [1.165, 1.54) is 4.98 Å². The Morgan fingerprint density at radius 2 is 1.72 bits per heavy atom. The summed E-state index contributed by atoms with van der Waals surface area (Å²) in [5, 5.41) is 9.92. The number of aromatic nitrogens is 2. The predicted octanol–water partition coefficient (Wildman–Crippen LogP) is -0.453. The van der Waals surface area contributed by atoms with Crippen molar-refractivity contribution in [2.75, 3.05) is 6.61 Å². The zero-order valence-corrected chi connectivity index (χ0v) is 17.7. The first-order valence-corrected chi connectivity index (χ1v) is 12.4. The van der Waals surface area contributed by atoms with E-state index >= 15 is 0 Å². The molecule has 22 heteroatoms. The van der Waals surface area contributed by atoms with Gasteiger partial charge in [-0.3, -0.25) is 18.9 Å². The lowest BCUT2D eigenvalue weighted by Gasteiger charge is -2.19. The molecule has 6 N–H and O–H groups in total. The minimum atomic E-state index is -5.80. The Morgan fingerprint density at radius 3 is 2.25 bits per heavy atom. The van der Waals surface area contributed by atoms with Crippen LogP contribution in [0.25, 0.3) is 0 Å². The van der Waals surface area contributed by atoms with Crippen LogP contribution in [0.15, 0.2) is 15.8 Å². The molecule has 0 radical (unpaired) electrons. The van der Waals surface area contributed by atoms with Crippen molar-refractivity contribution in [2.45, 2.75) is 31.0 Å². The van der Waals surface area contributed by atoms with Crippen LogP contribution in [0, 0.1) is 0 Å². The number of aromatic amines is 1. The summed E-state index contributed by atoms with van der Waals surface area (Å²) in [5.74, 6) is 0. The van der Waals surface area contributed by atoms with Gasteiger partial charge < -0.3 is 29.4 Å². The standard InChI is InChI=1S/C10H14F3N2O14P3/c11-10(12,13)4-2-15(9(18)14-8(4)17)7-1-5(16)6(27-7)3-26-31(22,23)29-32(24,25)28-30(19,20)21/h2,5-7,16H,1,3H2,(H,22,23)(H,24,25)(H,14,17,18)(H2,19,20,21)/t5-,6-,7-/m1/s1. The van der Waals surface area contributed by atoms with E-state index in [1.54, 1.807) is 0 Å². The van der Waals surface area contributed by atoms with Gasteiger partial charge >= 0.3 is 35.3 Å². The van der Waals surface area contributed by atoms with E-state index in [2.05, 4.69) is 13.1 Å². The highest BCUT2D eigenvalue weighted by molar-refractivity contribution is 7.66. The van der Waals surface area contributed by atoms with Crippen molar-refractivity contribution >= 4 is 23.5 Å². The van der Waals surface area contributed by atoms with E-state index in [1.807, 2.05) is 0 Å². The predicted molar refractivity (Wildman–Crippen MR) is 90.7 cm³/mol. The lowest BCUT2D eigenvalue weighted by Crippen LogP contribution is -2.36. The summed E-state index contributed by atoms with van der Waals surface area (Å²) >= 11 is 0. The maximum Gasteiger partial charge on any atom is 0.490 e. The van der Waals surface area contributed by atoms with Crippen LogP contribution in [-0.2, 0) is 37.8 Å². The number of aliphatic hydroxyl groups excluding tert-OH is 1. The minimum absolute atomic E-state index is 0.142. The topological polar surface area (TPSA) is 244 Å². The van der Waals surface area contributed by atoms with E-state index in [-0.39, 0.29) is 6.20 Å². The first-order valence-electron chi connectivity index (χ1n) is 7.84. The lowest BCUT2D eigenvalue weighted by atomic mass is 10.2. The number of phosphoric ester groups is 1. The molecule has 1 saturated heterocycles. The number of nitrogens with zero attached hydrogens (tertiary/aromatic N) is 1. The highest BCUT2D eigenvalue weighted by atomic mass is 31.3. The number of rotatable bonds is 8. The Labute approximate surface area is 173 Å². The van der Waals surface area contributed by atoms with Gasteiger partial charge in [0.1, 0.15) is 17.9 Å². The fourth-order valence-corrected chi connectivity index (χ4v) is 5.44. The third-order valence-corrected chi connectivity index (χ3v) is 7.41. The molecule has 0 amide bonds. The Balaban J connectivity index is 2.11. The van der Waals surface area contributed by atoms with Crippen LogP contribution in [0.4, 0.5) is 13.2 Å². The normalized spacial score (nSPS) is 25.9. The second-order valence-electron chi connectivity index (χ2n) is 6.03. The van der Waals surface area contributed by atoms with Crippen LogP contribution in [0.3, 0.4) is 0 Å². The van der Waals surface area contributed by atoms with Crippen molar-refractivity contribution in [3.63, 3.8) is 0 Å². The molecule has 2 rings (SSSR count). The molecular weight excluding hydrogens is 522 g/mol. The molecule has 1 fully saturated rings. The fourth-order valence-electron chi connectivity index (χ4n) is 2.41. The van der Waals surface area contributed by atoms with Crippen LogP contribution in [0.2, 0.25) is 0 Å². The van der Waals surface area contributed by atoms with E-state index in [0.29, 0.717) is 4.57 Å². The number of halogens is 3. The van der Waals surface area contributed by atoms with E-state index < -0.39 is 77.9 Å². The summed E-state index contributed by atoms with van der Waals surface area (Å²) in [5.41, 5.74) is -4.79. The molecule has 32 heavy (non-hydrogen) atoms. The van der Waals surface area contributed by atoms with Crippen LogP contribution in [0.1, 0.15) is 18.2 Å². The molecule has 1 aliphatic heterocycles. The zero-order chi connectivity index (χ0) is 24.7. The second kappa shape index (κ2) is 9.21. The van der Waals surface area contributed by atoms with Crippen molar-refractivity contribution in [1.29, 1.82) is 0 Å². The molecular formula is C10H14F3N2O14P3. The van der Waals surface area contributed by atoms with Gasteiger partial charge in [0.2, 0.25) is 0 Å². The highest BCUT2D eigenvalue weighted by Gasteiger charge is 2.43. The van der Waals surface area contributed by atoms with Gasteiger partial charge in [0.25, 0.3) is 5.56 Å². The van der Waals surface area contributed by atoms with Gasteiger partial charge in [-0.25, -0.2) is 18.5 Å². The van der Waals surface area contributed by atoms with Crippen LogP contribution >= 0.6 is 23.5 Å². The van der Waals surface area contributed by atoms with Gasteiger partial charge in [-0.1, -0.05) is 0 Å². The maximum absolute atomic E-state index is 12.9. The number of nitrogens with one attached hydrogen (secondary N) is 1. The van der Waals surface area contributed by atoms with Crippen molar-refractivity contribution in [3.8, 4) is 0 Å². The molecule has 0 aromatic carbocycles. The quantitative estimate of drug-likeness (QED) is 0.231. The van der Waals surface area contributed by atoms with Gasteiger partial charge in [-0.15, -0.1) is 0 Å². The average molecular weight is 536 g/mol. The molecule has 5 atom stereocenters. The molecule has 16 nitrogen and oxygen atoms in total. The van der Waals surface area contributed by atoms with Gasteiger partial charge in [0.05, 0.1) is 12.7 Å². The van der Waals surface area contributed by atoms with Crippen molar-refractivity contribution in [2.24, 2.45) is 0 Å². The monoisotopic (exact) mass is 536 g/mol. The first kappa shape index (κ1) is 27.0. The van der Waals surface area contributed by atoms with Gasteiger partial charge in [0.15, 0.2) is 0 Å².